The van der Waals surface area contributed by atoms with Gasteiger partial charge in [-0.25, -0.2) is 8.42 Å². The average Bonchev–Trinajstić information content (AvgIpc) is 2.94. The predicted molar refractivity (Wildman–Crippen MR) is 110 cm³/mol. The molecular weight excluding hydrogens is 449 g/mol. The van der Waals surface area contributed by atoms with Gasteiger partial charge in [-0.15, -0.1) is 11.3 Å². The van der Waals surface area contributed by atoms with Crippen LogP contribution in [0.4, 0.5) is 0 Å². The lowest BCUT2D eigenvalue weighted by molar-refractivity contribution is 0.0939. The van der Waals surface area contributed by atoms with Crippen molar-refractivity contribution in [2.24, 2.45) is 0 Å². The largest absolute Gasteiger partial charge is 0.344 e. The van der Waals surface area contributed by atoms with Crippen LogP contribution in [-0.4, -0.2) is 20.1 Å². The number of carbonyl (C=O) groups excluding carboxylic acids is 1. The van der Waals surface area contributed by atoms with Crippen molar-refractivity contribution in [3.05, 3.63) is 61.9 Å². The highest BCUT2D eigenvalue weighted by molar-refractivity contribution is 7.91. The normalized spacial score (nSPS) is 18.3. The monoisotopic (exact) mass is 459 g/mol. The summed E-state index contributed by atoms with van der Waals surface area (Å²) in [5, 5.41) is 4.61. The minimum Gasteiger partial charge on any atom is -0.344 e. The van der Waals surface area contributed by atoms with Gasteiger partial charge < -0.3 is 5.32 Å². The Morgan fingerprint density at radius 3 is 2.67 bits per heavy atom. The second kappa shape index (κ2) is 6.94. The maximum Gasteiger partial charge on any atom is 0.263 e. The fourth-order valence-corrected chi connectivity index (χ4v) is 7.12. The Morgan fingerprint density at radius 2 is 1.89 bits per heavy atom. The summed E-state index contributed by atoms with van der Waals surface area (Å²) < 4.78 is 25.2. The van der Waals surface area contributed by atoms with Gasteiger partial charge in [0.05, 0.1) is 26.7 Å². The molecule has 0 spiro atoms. The van der Waals surface area contributed by atoms with Crippen LogP contribution in [0.2, 0.25) is 15.1 Å². The number of halogens is 3. The first kappa shape index (κ1) is 19.0. The van der Waals surface area contributed by atoms with Crippen LogP contribution in [0.1, 0.15) is 27.7 Å². The van der Waals surface area contributed by atoms with E-state index in [9.17, 15) is 13.2 Å². The Balaban J connectivity index is 1.71. The van der Waals surface area contributed by atoms with Crippen LogP contribution >= 0.6 is 46.1 Å². The van der Waals surface area contributed by atoms with Gasteiger partial charge in [-0.05, 0) is 30.2 Å². The number of carbonyl (C=O) groups is 1. The molecule has 3 aromatic rings. The van der Waals surface area contributed by atoms with Crippen molar-refractivity contribution in [2.75, 3.05) is 5.75 Å². The van der Waals surface area contributed by atoms with Gasteiger partial charge in [-0.3, -0.25) is 4.79 Å². The number of sulfone groups is 1. The van der Waals surface area contributed by atoms with Crippen LogP contribution < -0.4 is 5.32 Å². The number of amides is 1. The van der Waals surface area contributed by atoms with E-state index in [0.717, 1.165) is 0 Å². The predicted octanol–water partition coefficient (Wildman–Crippen LogP) is 5.51. The van der Waals surface area contributed by atoms with Crippen LogP contribution in [0, 0.1) is 0 Å². The maximum absolute atomic E-state index is 12.9. The minimum absolute atomic E-state index is 0.0173. The number of nitrogens with one attached hydrogen (secondary N) is 1. The summed E-state index contributed by atoms with van der Waals surface area (Å²) in [6.45, 7) is 0. The van der Waals surface area contributed by atoms with E-state index in [1.54, 1.807) is 36.4 Å². The zero-order valence-electron chi connectivity index (χ0n) is 13.6. The molecule has 1 aromatic heterocycles. The van der Waals surface area contributed by atoms with Gasteiger partial charge in [-0.1, -0.05) is 53.0 Å². The maximum atomic E-state index is 12.9. The second-order valence-electron chi connectivity index (χ2n) is 6.18. The van der Waals surface area contributed by atoms with E-state index in [1.807, 2.05) is 0 Å². The average molecular weight is 461 g/mol. The molecule has 0 bridgehead atoms. The fraction of sp³-hybridized carbons (Fsp3) is 0.167. The first-order valence-electron chi connectivity index (χ1n) is 7.97. The van der Waals surface area contributed by atoms with E-state index in [2.05, 4.69) is 5.32 Å². The molecule has 27 heavy (non-hydrogen) atoms. The number of rotatable bonds is 2. The van der Waals surface area contributed by atoms with E-state index in [4.69, 9.17) is 34.8 Å². The Hall–Kier alpha value is -1.31. The number of benzene rings is 2. The van der Waals surface area contributed by atoms with Crippen molar-refractivity contribution >= 4 is 72.0 Å². The van der Waals surface area contributed by atoms with Crippen molar-refractivity contribution in [3.63, 3.8) is 0 Å². The van der Waals surface area contributed by atoms with E-state index in [-0.39, 0.29) is 21.6 Å². The summed E-state index contributed by atoms with van der Waals surface area (Å²) in [4.78, 5) is 13.4. The van der Waals surface area contributed by atoms with Crippen LogP contribution in [0.5, 0.6) is 0 Å². The second-order valence-corrected chi connectivity index (χ2v) is 10.5. The number of hydrogen-bond acceptors (Lipinski definition) is 4. The molecule has 1 aliphatic rings. The SMILES string of the molecule is O=C(NC1CCS(=O)(=O)c2ccccc21)c1sc2cc(Cl)cc(Cl)c2c1Cl. The third kappa shape index (κ3) is 3.34. The Morgan fingerprint density at radius 1 is 1.15 bits per heavy atom. The molecule has 2 aromatic carbocycles. The van der Waals surface area contributed by atoms with E-state index in [0.29, 0.717) is 37.0 Å². The molecule has 1 unspecified atom stereocenters. The fourth-order valence-electron chi connectivity index (χ4n) is 3.22. The highest BCUT2D eigenvalue weighted by atomic mass is 35.5. The molecule has 1 aliphatic heterocycles. The summed E-state index contributed by atoms with van der Waals surface area (Å²) in [6, 6.07) is 9.60. The highest BCUT2D eigenvalue weighted by Gasteiger charge is 2.31. The lowest BCUT2D eigenvalue weighted by Crippen LogP contribution is -2.33. The molecule has 9 heteroatoms. The molecule has 0 aliphatic carbocycles. The molecule has 0 fully saturated rings. The summed E-state index contributed by atoms with van der Waals surface area (Å²) in [7, 11) is -3.32. The van der Waals surface area contributed by atoms with Crippen molar-refractivity contribution < 1.29 is 13.2 Å². The van der Waals surface area contributed by atoms with Crippen LogP contribution in [0.3, 0.4) is 0 Å². The zero-order valence-corrected chi connectivity index (χ0v) is 17.5. The summed E-state index contributed by atoms with van der Waals surface area (Å²) in [5.74, 6) is -0.385. The van der Waals surface area contributed by atoms with Gasteiger partial charge in [0.2, 0.25) is 0 Å². The lowest BCUT2D eigenvalue weighted by atomic mass is 10.0. The molecule has 1 amide bonds. The zero-order chi connectivity index (χ0) is 19.3. The molecule has 1 atom stereocenters. The van der Waals surface area contributed by atoms with E-state index < -0.39 is 15.9 Å². The Bertz CT molecular complexity index is 1190. The topological polar surface area (TPSA) is 63.2 Å². The summed E-state index contributed by atoms with van der Waals surface area (Å²) in [6.07, 6.45) is 0.306. The van der Waals surface area contributed by atoms with Gasteiger partial charge >= 0.3 is 0 Å². The minimum atomic E-state index is -3.32. The quantitative estimate of drug-likeness (QED) is 0.548. The van der Waals surface area contributed by atoms with Crippen molar-refractivity contribution in [1.29, 1.82) is 0 Å². The smallest absolute Gasteiger partial charge is 0.263 e. The van der Waals surface area contributed by atoms with Crippen molar-refractivity contribution in [3.8, 4) is 0 Å². The molecule has 0 saturated heterocycles. The van der Waals surface area contributed by atoms with Gasteiger partial charge in [0, 0.05) is 15.1 Å². The van der Waals surface area contributed by atoms with E-state index in [1.165, 1.54) is 11.3 Å². The Labute approximate surface area is 175 Å². The van der Waals surface area contributed by atoms with Gasteiger partial charge in [-0.2, -0.15) is 0 Å². The number of hydrogen-bond donors (Lipinski definition) is 1. The number of fused-ring (bicyclic) bond motifs is 2. The van der Waals surface area contributed by atoms with Crippen molar-refractivity contribution in [1.82, 2.24) is 5.32 Å². The van der Waals surface area contributed by atoms with Gasteiger partial charge in [0.1, 0.15) is 4.88 Å². The summed E-state index contributed by atoms with van der Waals surface area (Å²) >= 11 is 19.8. The molecule has 4 nitrogen and oxygen atoms in total. The molecule has 4 rings (SSSR count). The first-order chi connectivity index (χ1) is 12.8. The van der Waals surface area contributed by atoms with Gasteiger partial charge in [0.25, 0.3) is 5.91 Å². The third-order valence-electron chi connectivity index (χ3n) is 4.47. The number of thiophene rings is 1. The molecule has 140 valence electrons. The molecular formula is C18H12Cl3NO3S2. The molecule has 1 N–H and O–H groups in total. The Kier molecular flexibility index (Phi) is 4.89. The van der Waals surface area contributed by atoms with Crippen LogP contribution in [0.15, 0.2) is 41.3 Å². The lowest BCUT2D eigenvalue weighted by Gasteiger charge is -2.26. The standard InChI is InChI=1S/C18H12Cl3NO3S2/c19-9-7-11(20)15-13(8-9)26-17(16(15)21)18(23)22-12-5-6-27(24,25)14-4-2-1-3-10(12)14/h1-4,7-8,12H,5-6H2,(H,22,23). The van der Waals surface area contributed by atoms with Crippen molar-refractivity contribution in [2.45, 2.75) is 17.4 Å². The van der Waals surface area contributed by atoms with Crippen LogP contribution in [0.25, 0.3) is 10.1 Å². The molecule has 0 radical (unpaired) electrons. The third-order valence-corrected chi connectivity index (χ3v) is 8.42. The van der Waals surface area contributed by atoms with E-state index >= 15 is 0 Å². The first-order valence-corrected chi connectivity index (χ1v) is 11.6. The van der Waals surface area contributed by atoms with Gasteiger partial charge in [0.15, 0.2) is 9.84 Å². The molecule has 0 saturated carbocycles. The molecule has 2 heterocycles. The highest BCUT2D eigenvalue weighted by Crippen LogP contribution is 2.41. The van der Waals surface area contributed by atoms with Crippen LogP contribution in [-0.2, 0) is 9.84 Å². The summed E-state index contributed by atoms with van der Waals surface area (Å²) in [5.41, 5.74) is 0.593.